The molecule has 0 fully saturated rings. The summed E-state index contributed by atoms with van der Waals surface area (Å²) in [6, 6.07) is 8.06. The van der Waals surface area contributed by atoms with Crippen molar-refractivity contribution < 1.29 is 9.59 Å². The molecule has 1 amide bonds. The first-order valence-electron chi connectivity index (χ1n) is 9.77. The number of Topliss-reactive ketones (excluding diaryl/α,β-unsaturated/α-hetero) is 1. The van der Waals surface area contributed by atoms with Gasteiger partial charge in [-0.15, -0.1) is 5.10 Å². The van der Waals surface area contributed by atoms with E-state index in [4.69, 9.17) is 0 Å². The highest BCUT2D eigenvalue weighted by atomic mass is 32.2. The number of rotatable bonds is 10. The monoisotopic (exact) mass is 402 g/mol. The Labute approximate surface area is 171 Å². The first-order valence-corrected chi connectivity index (χ1v) is 10.8. The molecule has 0 aliphatic heterocycles. The number of para-hydroxylation sites is 1. The van der Waals surface area contributed by atoms with Crippen LogP contribution < -0.4 is 5.32 Å². The summed E-state index contributed by atoms with van der Waals surface area (Å²) in [5, 5.41) is 7.82. The number of unbranched alkanes of at least 4 members (excludes halogenated alkanes) is 3. The summed E-state index contributed by atoms with van der Waals surface area (Å²) in [7, 11) is 0. The van der Waals surface area contributed by atoms with E-state index in [0.717, 1.165) is 12.2 Å². The van der Waals surface area contributed by atoms with Crippen molar-refractivity contribution in [3.8, 4) is 0 Å². The maximum absolute atomic E-state index is 13.0. The van der Waals surface area contributed by atoms with Crippen LogP contribution >= 0.6 is 11.8 Å². The van der Waals surface area contributed by atoms with Crippen molar-refractivity contribution in [2.75, 3.05) is 11.1 Å². The van der Waals surface area contributed by atoms with Crippen LogP contribution in [0.15, 0.2) is 41.8 Å². The van der Waals surface area contributed by atoms with Gasteiger partial charge in [-0.05, 0) is 18.6 Å². The summed E-state index contributed by atoms with van der Waals surface area (Å²) in [5.41, 5.74) is -0.0391. The van der Waals surface area contributed by atoms with Crippen molar-refractivity contribution >= 4 is 29.1 Å². The van der Waals surface area contributed by atoms with Crippen LogP contribution in [0.25, 0.3) is 0 Å². The van der Waals surface area contributed by atoms with Gasteiger partial charge in [-0.2, -0.15) is 0 Å². The van der Waals surface area contributed by atoms with E-state index in [2.05, 4.69) is 22.3 Å². The molecule has 6 nitrogen and oxygen atoms in total. The number of hydrogen-bond donors (Lipinski definition) is 1. The number of anilines is 1. The predicted molar refractivity (Wildman–Crippen MR) is 113 cm³/mol. The van der Waals surface area contributed by atoms with Crippen molar-refractivity contribution in [3.05, 3.63) is 36.7 Å². The summed E-state index contributed by atoms with van der Waals surface area (Å²) in [6.07, 6.45) is 6.20. The average molecular weight is 403 g/mol. The molecule has 0 bridgehead atoms. The smallest absolute Gasteiger partial charge is 0.257 e. The molecule has 1 aromatic heterocycles. The molecule has 7 heteroatoms. The van der Waals surface area contributed by atoms with Gasteiger partial charge in [0.25, 0.3) is 5.91 Å². The number of hydrogen-bond acceptors (Lipinski definition) is 5. The fourth-order valence-electron chi connectivity index (χ4n) is 2.64. The van der Waals surface area contributed by atoms with Crippen LogP contribution in [-0.2, 0) is 9.59 Å². The van der Waals surface area contributed by atoms with Crippen LogP contribution in [0.4, 0.5) is 5.69 Å². The van der Waals surface area contributed by atoms with E-state index in [1.807, 2.05) is 18.2 Å². The molecule has 152 valence electrons. The third kappa shape index (κ3) is 6.48. The lowest BCUT2D eigenvalue weighted by Crippen LogP contribution is -2.39. The normalized spacial score (nSPS) is 12.6. The van der Waals surface area contributed by atoms with E-state index in [9.17, 15) is 9.59 Å². The fourth-order valence-corrected chi connectivity index (χ4v) is 3.45. The van der Waals surface area contributed by atoms with Gasteiger partial charge in [0.1, 0.15) is 6.33 Å². The number of nitrogens with zero attached hydrogens (tertiary/aromatic N) is 3. The molecule has 0 saturated carbocycles. The Morgan fingerprint density at radius 1 is 1.14 bits per heavy atom. The van der Waals surface area contributed by atoms with Gasteiger partial charge in [0.05, 0.1) is 0 Å². The lowest BCUT2D eigenvalue weighted by atomic mass is 9.86. The number of nitrogens with one attached hydrogen (secondary N) is 1. The zero-order valence-electron chi connectivity index (χ0n) is 17.1. The molecule has 1 atom stereocenters. The predicted octanol–water partition coefficient (Wildman–Crippen LogP) is 4.75. The summed E-state index contributed by atoms with van der Waals surface area (Å²) >= 11 is 1.56. The van der Waals surface area contributed by atoms with Crippen LogP contribution in [0.2, 0.25) is 0 Å². The molecule has 2 aromatic rings. The van der Waals surface area contributed by atoms with Crippen molar-refractivity contribution in [2.24, 2.45) is 5.41 Å². The van der Waals surface area contributed by atoms with Gasteiger partial charge >= 0.3 is 0 Å². The Kier molecular flexibility index (Phi) is 8.23. The number of amides is 1. The lowest BCUT2D eigenvalue weighted by Gasteiger charge is -2.23. The first-order chi connectivity index (χ1) is 13.3. The molecule has 1 heterocycles. The summed E-state index contributed by atoms with van der Waals surface area (Å²) in [6.45, 7) is 7.60. The molecule has 2 rings (SSSR count). The molecule has 0 spiro atoms. The molecular formula is C21H30N4O2S. The van der Waals surface area contributed by atoms with Crippen molar-refractivity contribution in [1.29, 1.82) is 0 Å². The van der Waals surface area contributed by atoms with Gasteiger partial charge in [-0.3, -0.25) is 9.59 Å². The van der Waals surface area contributed by atoms with Gasteiger partial charge in [0.15, 0.2) is 11.8 Å². The zero-order chi connectivity index (χ0) is 20.6. The Bertz CT molecular complexity index is 768. The highest BCUT2D eigenvalue weighted by molar-refractivity contribution is 7.99. The number of carbonyl (C=O) groups is 2. The second kappa shape index (κ2) is 10.4. The number of aromatic nitrogens is 3. The molecule has 0 radical (unpaired) electrons. The van der Waals surface area contributed by atoms with E-state index < -0.39 is 17.4 Å². The minimum atomic E-state index is -1.05. The highest BCUT2D eigenvalue weighted by Gasteiger charge is 2.37. The SMILES string of the molecule is CCCCCCSc1ncn(C(C(=O)Nc2ccccc2)C(=O)C(C)(C)C)n1. The van der Waals surface area contributed by atoms with Gasteiger partial charge in [-0.25, -0.2) is 9.67 Å². The van der Waals surface area contributed by atoms with Gasteiger partial charge in [-0.1, -0.05) is 76.9 Å². The van der Waals surface area contributed by atoms with Gasteiger partial charge in [0, 0.05) is 16.9 Å². The number of benzene rings is 1. The van der Waals surface area contributed by atoms with Crippen LogP contribution in [0.1, 0.15) is 59.4 Å². The van der Waals surface area contributed by atoms with E-state index in [0.29, 0.717) is 10.8 Å². The van der Waals surface area contributed by atoms with Gasteiger partial charge in [0.2, 0.25) is 5.16 Å². The van der Waals surface area contributed by atoms with Crippen molar-refractivity contribution in [2.45, 2.75) is 64.6 Å². The van der Waals surface area contributed by atoms with Crippen LogP contribution in [0.5, 0.6) is 0 Å². The third-order valence-electron chi connectivity index (χ3n) is 4.26. The molecule has 1 N–H and O–H groups in total. The molecule has 1 unspecified atom stereocenters. The zero-order valence-corrected chi connectivity index (χ0v) is 18.0. The second-order valence-corrected chi connectivity index (χ2v) is 8.85. The Morgan fingerprint density at radius 2 is 1.86 bits per heavy atom. The molecule has 0 aliphatic rings. The second-order valence-electron chi connectivity index (χ2n) is 7.79. The topological polar surface area (TPSA) is 76.9 Å². The number of ketones is 1. The van der Waals surface area contributed by atoms with Crippen molar-refractivity contribution in [3.63, 3.8) is 0 Å². The minimum Gasteiger partial charge on any atom is -0.324 e. The number of thioether (sulfide) groups is 1. The van der Waals surface area contributed by atoms with Crippen molar-refractivity contribution in [1.82, 2.24) is 14.8 Å². The minimum absolute atomic E-state index is 0.203. The summed E-state index contributed by atoms with van der Waals surface area (Å²) in [4.78, 5) is 30.2. The maximum atomic E-state index is 13.0. The summed E-state index contributed by atoms with van der Waals surface area (Å²) < 4.78 is 1.39. The Morgan fingerprint density at radius 3 is 2.50 bits per heavy atom. The largest absolute Gasteiger partial charge is 0.324 e. The summed E-state index contributed by atoms with van der Waals surface area (Å²) in [5.74, 6) is 0.318. The van der Waals surface area contributed by atoms with E-state index in [1.54, 1.807) is 44.7 Å². The fraction of sp³-hybridized carbons (Fsp3) is 0.524. The molecule has 28 heavy (non-hydrogen) atoms. The van der Waals surface area contributed by atoms with Crippen LogP contribution in [0.3, 0.4) is 0 Å². The maximum Gasteiger partial charge on any atom is 0.257 e. The molecule has 1 aromatic carbocycles. The average Bonchev–Trinajstić information content (AvgIpc) is 3.10. The van der Waals surface area contributed by atoms with Crippen LogP contribution in [-0.4, -0.2) is 32.2 Å². The molecule has 0 saturated heterocycles. The quantitative estimate of drug-likeness (QED) is 0.353. The molecule has 0 aliphatic carbocycles. The van der Waals surface area contributed by atoms with E-state index in [1.165, 1.54) is 30.3 Å². The van der Waals surface area contributed by atoms with E-state index >= 15 is 0 Å². The third-order valence-corrected chi connectivity index (χ3v) is 5.20. The number of carbonyl (C=O) groups excluding carboxylic acids is 2. The van der Waals surface area contributed by atoms with Crippen LogP contribution in [0, 0.1) is 5.41 Å². The standard InChI is InChI=1S/C21H30N4O2S/c1-5-6-7-11-14-28-20-22-15-25(24-20)17(18(26)21(2,3)4)19(27)23-16-12-9-8-10-13-16/h8-10,12-13,15,17H,5-7,11,14H2,1-4H3,(H,23,27). The molecular weight excluding hydrogens is 372 g/mol. The lowest BCUT2D eigenvalue weighted by molar-refractivity contribution is -0.135. The Hall–Kier alpha value is -2.15. The Balaban J connectivity index is 2.13. The van der Waals surface area contributed by atoms with E-state index in [-0.39, 0.29) is 5.78 Å². The van der Waals surface area contributed by atoms with Gasteiger partial charge < -0.3 is 5.32 Å². The first kappa shape index (κ1) is 22.1. The highest BCUT2D eigenvalue weighted by Crippen LogP contribution is 2.25.